The zero-order valence-corrected chi connectivity index (χ0v) is 19.2. The maximum atomic E-state index is 11.5. The first kappa shape index (κ1) is 23.6. The molecule has 2 aromatic carbocycles. The minimum absolute atomic E-state index is 0. The molecule has 0 amide bonds. The van der Waals surface area contributed by atoms with Crippen LogP contribution in [0.3, 0.4) is 0 Å². The summed E-state index contributed by atoms with van der Waals surface area (Å²) in [6, 6.07) is 10.7. The Hall–Kier alpha value is -0.414. The normalized spacial score (nSPS) is 11.0. The van der Waals surface area contributed by atoms with Gasteiger partial charge in [-0.2, -0.15) is 8.42 Å². The summed E-state index contributed by atoms with van der Waals surface area (Å²) in [5, 5.41) is 11.4. The van der Waals surface area contributed by atoms with Crippen LogP contribution in [-0.2, 0) is 16.5 Å². The van der Waals surface area contributed by atoms with Crippen LogP contribution in [-0.4, -0.2) is 13.0 Å². The molecule has 0 radical (unpaired) electrons. The SMILES string of the molecule is CCCCCCCc1ccccc1Oc1ccc([O-])cc1S(=O)(=O)O.[K+]. The number of para-hydroxylation sites is 1. The van der Waals surface area contributed by atoms with Crippen LogP contribution in [0.15, 0.2) is 47.4 Å². The van der Waals surface area contributed by atoms with E-state index in [0.29, 0.717) is 5.75 Å². The largest absolute Gasteiger partial charge is 1.00 e. The molecule has 7 heteroatoms. The molecule has 5 nitrogen and oxygen atoms in total. The van der Waals surface area contributed by atoms with Crippen LogP contribution >= 0.6 is 0 Å². The molecule has 26 heavy (non-hydrogen) atoms. The molecule has 2 rings (SSSR count). The summed E-state index contributed by atoms with van der Waals surface area (Å²) in [5.41, 5.74) is 0.964. The van der Waals surface area contributed by atoms with Gasteiger partial charge >= 0.3 is 51.4 Å². The van der Waals surface area contributed by atoms with E-state index in [1.807, 2.05) is 12.1 Å². The zero-order chi connectivity index (χ0) is 18.3. The van der Waals surface area contributed by atoms with E-state index in [1.54, 1.807) is 12.1 Å². The molecule has 0 aliphatic rings. The Morgan fingerprint density at radius 3 is 2.38 bits per heavy atom. The second-order valence-corrected chi connectivity index (χ2v) is 7.35. The molecule has 0 aromatic heterocycles. The number of hydrogen-bond donors (Lipinski definition) is 1. The molecule has 1 N–H and O–H groups in total. The average molecular weight is 403 g/mol. The van der Waals surface area contributed by atoms with Crippen LogP contribution in [0.25, 0.3) is 0 Å². The first-order valence-electron chi connectivity index (χ1n) is 8.46. The molecule has 0 aliphatic heterocycles. The summed E-state index contributed by atoms with van der Waals surface area (Å²) >= 11 is 0. The van der Waals surface area contributed by atoms with Gasteiger partial charge in [0, 0.05) is 0 Å². The Labute approximate surface area is 198 Å². The van der Waals surface area contributed by atoms with E-state index in [0.717, 1.165) is 30.9 Å². The van der Waals surface area contributed by atoms with Crippen molar-refractivity contribution in [2.75, 3.05) is 0 Å². The minimum atomic E-state index is -4.54. The summed E-state index contributed by atoms with van der Waals surface area (Å²) in [6.45, 7) is 2.17. The van der Waals surface area contributed by atoms with Crippen LogP contribution in [0.2, 0.25) is 0 Å². The van der Waals surface area contributed by atoms with Gasteiger partial charge in [-0.1, -0.05) is 56.9 Å². The van der Waals surface area contributed by atoms with Crippen molar-refractivity contribution in [3.05, 3.63) is 48.0 Å². The van der Waals surface area contributed by atoms with Gasteiger partial charge in [-0.15, -0.1) is 5.75 Å². The molecule has 0 heterocycles. The van der Waals surface area contributed by atoms with Crippen LogP contribution in [0.1, 0.15) is 44.6 Å². The quantitative estimate of drug-likeness (QED) is 0.388. The Kier molecular flexibility index (Phi) is 10.4. The Morgan fingerprint density at radius 1 is 1.00 bits per heavy atom. The Bertz CT molecular complexity index is 805. The molecule has 0 saturated carbocycles. The number of unbranched alkanes of at least 4 members (excludes halogenated alkanes) is 4. The first-order chi connectivity index (χ1) is 11.9. The zero-order valence-electron chi connectivity index (χ0n) is 15.3. The monoisotopic (exact) mass is 402 g/mol. The van der Waals surface area contributed by atoms with Crippen molar-refractivity contribution in [3.8, 4) is 17.2 Å². The van der Waals surface area contributed by atoms with E-state index in [9.17, 15) is 18.1 Å². The van der Waals surface area contributed by atoms with E-state index in [-0.39, 0.29) is 57.1 Å². The third-order valence-electron chi connectivity index (χ3n) is 3.94. The molecule has 136 valence electrons. The summed E-state index contributed by atoms with van der Waals surface area (Å²) in [4.78, 5) is -0.516. The fourth-order valence-electron chi connectivity index (χ4n) is 2.62. The van der Waals surface area contributed by atoms with Crippen LogP contribution in [0.5, 0.6) is 17.2 Å². The predicted molar refractivity (Wildman–Crippen MR) is 94.7 cm³/mol. The van der Waals surface area contributed by atoms with Crippen molar-refractivity contribution in [1.29, 1.82) is 0 Å². The standard InChI is InChI=1S/C19H24O5S.K/c1-2-3-4-5-6-9-15-10-7-8-11-17(15)24-18-13-12-16(20)14-19(18)25(21,22)23;/h7-8,10-14,20H,2-6,9H2,1H3,(H,21,22,23);/q;+1/p-1. The van der Waals surface area contributed by atoms with E-state index in [2.05, 4.69) is 6.92 Å². The molecular weight excluding hydrogens is 379 g/mol. The Morgan fingerprint density at radius 2 is 1.69 bits per heavy atom. The van der Waals surface area contributed by atoms with Crippen molar-refractivity contribution in [3.63, 3.8) is 0 Å². The van der Waals surface area contributed by atoms with Crippen molar-refractivity contribution in [2.24, 2.45) is 0 Å². The smallest absolute Gasteiger partial charge is 0.872 e. The van der Waals surface area contributed by atoms with Gasteiger partial charge in [0.15, 0.2) is 0 Å². The van der Waals surface area contributed by atoms with Gasteiger partial charge in [-0.25, -0.2) is 0 Å². The van der Waals surface area contributed by atoms with Crippen molar-refractivity contribution >= 4 is 10.1 Å². The number of ether oxygens (including phenoxy) is 1. The van der Waals surface area contributed by atoms with Gasteiger partial charge in [-0.3, -0.25) is 4.55 Å². The summed E-state index contributed by atoms with van der Waals surface area (Å²) in [5.74, 6) is -0.0359. The van der Waals surface area contributed by atoms with E-state index in [4.69, 9.17) is 4.74 Å². The molecular formula is C19H23KO5S. The van der Waals surface area contributed by atoms with E-state index < -0.39 is 20.8 Å². The number of benzene rings is 2. The van der Waals surface area contributed by atoms with E-state index in [1.165, 1.54) is 31.4 Å². The van der Waals surface area contributed by atoms with Gasteiger partial charge in [0.05, 0.1) is 0 Å². The summed E-state index contributed by atoms with van der Waals surface area (Å²) < 4.78 is 38.0. The van der Waals surface area contributed by atoms with Crippen molar-refractivity contribution < 1.29 is 74.2 Å². The topological polar surface area (TPSA) is 86.7 Å². The predicted octanol–water partition coefficient (Wildman–Crippen LogP) is 1.32. The molecule has 0 spiro atoms. The second-order valence-electron chi connectivity index (χ2n) is 5.96. The van der Waals surface area contributed by atoms with Gasteiger partial charge in [0.2, 0.25) is 0 Å². The molecule has 0 atom stereocenters. The summed E-state index contributed by atoms with van der Waals surface area (Å²) in [6.07, 6.45) is 6.57. The second kappa shape index (κ2) is 11.4. The molecule has 0 unspecified atom stereocenters. The number of rotatable bonds is 9. The first-order valence-corrected chi connectivity index (χ1v) is 9.90. The van der Waals surface area contributed by atoms with E-state index >= 15 is 0 Å². The van der Waals surface area contributed by atoms with Crippen LogP contribution in [0.4, 0.5) is 0 Å². The van der Waals surface area contributed by atoms with Crippen LogP contribution in [0, 0.1) is 0 Å². The maximum absolute atomic E-state index is 11.5. The number of aryl methyl sites for hydroxylation is 1. The molecule has 2 aromatic rings. The van der Waals surface area contributed by atoms with Gasteiger partial charge in [-0.05, 0) is 36.6 Å². The maximum Gasteiger partial charge on any atom is 1.00 e. The fourth-order valence-corrected chi connectivity index (χ4v) is 3.25. The Balaban J connectivity index is 0.00000338. The third-order valence-corrected chi connectivity index (χ3v) is 4.81. The molecule has 0 aliphatic carbocycles. The fraction of sp³-hybridized carbons (Fsp3) is 0.368. The van der Waals surface area contributed by atoms with Crippen LogP contribution < -0.4 is 61.2 Å². The van der Waals surface area contributed by atoms with Gasteiger partial charge < -0.3 is 9.84 Å². The molecule has 0 saturated heterocycles. The van der Waals surface area contributed by atoms with Crippen molar-refractivity contribution in [1.82, 2.24) is 0 Å². The molecule has 0 bridgehead atoms. The van der Waals surface area contributed by atoms with Gasteiger partial charge in [0.25, 0.3) is 10.1 Å². The molecule has 0 fully saturated rings. The number of hydrogen-bond acceptors (Lipinski definition) is 4. The van der Waals surface area contributed by atoms with Gasteiger partial charge in [0.1, 0.15) is 16.4 Å². The third kappa shape index (κ3) is 7.30. The summed E-state index contributed by atoms with van der Waals surface area (Å²) in [7, 11) is -4.54. The van der Waals surface area contributed by atoms with Crippen molar-refractivity contribution in [2.45, 2.75) is 50.3 Å². The minimum Gasteiger partial charge on any atom is -0.872 e. The average Bonchev–Trinajstić information content (AvgIpc) is 2.57.